The molecule has 3 heteroatoms. The fraction of sp³-hybridized carbons (Fsp3) is 0.625. The lowest BCUT2D eigenvalue weighted by Gasteiger charge is -2.34. The third-order valence-electron chi connectivity index (χ3n) is 4.53. The van der Waals surface area contributed by atoms with Gasteiger partial charge in [0.1, 0.15) is 5.75 Å². The number of phenolic OH excluding ortho intramolecular Hbond substituents is 1. The second-order valence-electron chi connectivity index (χ2n) is 6.35. The van der Waals surface area contributed by atoms with Crippen molar-refractivity contribution in [3.63, 3.8) is 0 Å². The van der Waals surface area contributed by atoms with Crippen molar-refractivity contribution in [1.82, 2.24) is 10.2 Å². The van der Waals surface area contributed by atoms with E-state index in [1.165, 1.54) is 24.8 Å². The molecule has 0 spiro atoms. The minimum absolute atomic E-state index is 0.285. The lowest BCUT2D eigenvalue weighted by Crippen LogP contribution is -2.50. The van der Waals surface area contributed by atoms with E-state index in [-0.39, 0.29) is 5.54 Å². The molecule has 0 bridgehead atoms. The highest BCUT2D eigenvalue weighted by atomic mass is 16.3. The number of benzene rings is 1. The first-order chi connectivity index (χ1) is 9.16. The van der Waals surface area contributed by atoms with Crippen molar-refractivity contribution in [3.8, 4) is 5.75 Å². The molecule has 0 amide bonds. The van der Waals surface area contributed by atoms with Gasteiger partial charge in [0.2, 0.25) is 0 Å². The molecule has 2 aliphatic rings. The molecule has 0 aromatic heterocycles. The normalized spacial score (nSPS) is 29.1. The fourth-order valence-corrected chi connectivity index (χ4v) is 3.32. The summed E-state index contributed by atoms with van der Waals surface area (Å²) in [6.07, 6.45) is 3.97. The summed E-state index contributed by atoms with van der Waals surface area (Å²) in [4.78, 5) is 2.53. The molecule has 1 unspecified atom stereocenters. The predicted molar refractivity (Wildman–Crippen MR) is 77.1 cm³/mol. The van der Waals surface area contributed by atoms with Crippen LogP contribution < -0.4 is 5.32 Å². The summed E-state index contributed by atoms with van der Waals surface area (Å²) in [6, 6.07) is 7.65. The summed E-state index contributed by atoms with van der Waals surface area (Å²) >= 11 is 0. The highest BCUT2D eigenvalue weighted by molar-refractivity contribution is 5.27. The van der Waals surface area contributed by atoms with Gasteiger partial charge in [-0.05, 0) is 62.9 Å². The summed E-state index contributed by atoms with van der Waals surface area (Å²) in [5.74, 6) is 1.23. The second kappa shape index (κ2) is 5.14. The quantitative estimate of drug-likeness (QED) is 0.876. The Labute approximate surface area is 115 Å². The molecule has 19 heavy (non-hydrogen) atoms. The van der Waals surface area contributed by atoms with Gasteiger partial charge in [0, 0.05) is 18.6 Å². The van der Waals surface area contributed by atoms with Crippen molar-refractivity contribution in [2.75, 3.05) is 19.6 Å². The first-order valence-electron chi connectivity index (χ1n) is 7.41. The fourth-order valence-electron chi connectivity index (χ4n) is 3.32. The lowest BCUT2D eigenvalue weighted by atomic mass is 9.95. The molecule has 2 fully saturated rings. The van der Waals surface area contributed by atoms with Gasteiger partial charge in [-0.1, -0.05) is 12.1 Å². The maximum atomic E-state index is 9.57. The third-order valence-corrected chi connectivity index (χ3v) is 4.53. The molecule has 1 saturated carbocycles. The Bertz CT molecular complexity index is 444. The smallest absolute Gasteiger partial charge is 0.115 e. The van der Waals surface area contributed by atoms with Crippen LogP contribution in [0.25, 0.3) is 0 Å². The Balaban J connectivity index is 1.69. The molecule has 104 valence electrons. The molecule has 3 nitrogen and oxygen atoms in total. The van der Waals surface area contributed by atoms with Crippen LogP contribution in [0, 0.1) is 5.92 Å². The molecule has 1 atom stereocenters. The van der Waals surface area contributed by atoms with Crippen LogP contribution in [-0.4, -0.2) is 35.2 Å². The highest BCUT2D eigenvalue weighted by Crippen LogP contribution is 2.40. The minimum Gasteiger partial charge on any atom is -0.508 e. The average Bonchev–Trinajstić information content (AvgIpc) is 3.17. The van der Waals surface area contributed by atoms with Crippen LogP contribution >= 0.6 is 0 Å². The van der Waals surface area contributed by atoms with E-state index in [4.69, 9.17) is 0 Å². The van der Waals surface area contributed by atoms with Crippen molar-refractivity contribution in [3.05, 3.63) is 29.8 Å². The van der Waals surface area contributed by atoms with Gasteiger partial charge in [-0.25, -0.2) is 0 Å². The van der Waals surface area contributed by atoms with Crippen molar-refractivity contribution in [1.29, 1.82) is 0 Å². The largest absolute Gasteiger partial charge is 0.508 e. The Hall–Kier alpha value is -1.06. The van der Waals surface area contributed by atoms with E-state index in [2.05, 4.69) is 23.2 Å². The van der Waals surface area contributed by atoms with E-state index in [0.717, 1.165) is 32.1 Å². The summed E-state index contributed by atoms with van der Waals surface area (Å²) in [5.41, 5.74) is 1.49. The minimum atomic E-state index is 0.285. The molecule has 1 aliphatic carbocycles. The van der Waals surface area contributed by atoms with Gasteiger partial charge in [-0.3, -0.25) is 4.90 Å². The van der Waals surface area contributed by atoms with Crippen LogP contribution in [0.3, 0.4) is 0 Å². The predicted octanol–water partition coefficient (Wildman–Crippen LogP) is 2.36. The van der Waals surface area contributed by atoms with E-state index in [1.807, 2.05) is 12.1 Å². The maximum absolute atomic E-state index is 9.57. The molecule has 1 heterocycles. The van der Waals surface area contributed by atoms with E-state index in [1.54, 1.807) is 6.07 Å². The zero-order chi connectivity index (χ0) is 13.3. The van der Waals surface area contributed by atoms with Gasteiger partial charge in [0.15, 0.2) is 0 Å². The summed E-state index contributed by atoms with van der Waals surface area (Å²) in [7, 11) is 0. The Morgan fingerprint density at radius 1 is 1.42 bits per heavy atom. The molecule has 1 saturated heterocycles. The SMILES string of the molecule is CC1(C2CC2)CN(Cc2cccc(O)c2)CCCN1. The number of aromatic hydroxyl groups is 1. The molecule has 2 N–H and O–H groups in total. The molecule has 0 radical (unpaired) electrons. The summed E-state index contributed by atoms with van der Waals surface area (Å²) in [6.45, 7) is 6.71. The summed E-state index contributed by atoms with van der Waals surface area (Å²) < 4.78 is 0. The lowest BCUT2D eigenvalue weighted by molar-refractivity contribution is 0.195. The number of rotatable bonds is 3. The molecule has 1 aromatic rings. The van der Waals surface area contributed by atoms with Gasteiger partial charge >= 0.3 is 0 Å². The first-order valence-corrected chi connectivity index (χ1v) is 7.41. The van der Waals surface area contributed by atoms with Crippen LogP contribution in [-0.2, 0) is 6.54 Å². The number of nitrogens with one attached hydrogen (secondary N) is 1. The van der Waals surface area contributed by atoms with E-state index in [9.17, 15) is 5.11 Å². The number of nitrogens with zero attached hydrogens (tertiary/aromatic N) is 1. The third kappa shape index (κ3) is 3.10. The van der Waals surface area contributed by atoms with E-state index in [0.29, 0.717) is 5.75 Å². The van der Waals surface area contributed by atoms with Crippen molar-refractivity contribution in [2.45, 2.75) is 38.3 Å². The summed E-state index contributed by atoms with van der Waals surface area (Å²) in [5, 5.41) is 13.3. The number of hydrogen-bond acceptors (Lipinski definition) is 3. The van der Waals surface area contributed by atoms with Crippen LogP contribution in [0.1, 0.15) is 31.7 Å². The zero-order valence-corrected chi connectivity index (χ0v) is 11.7. The van der Waals surface area contributed by atoms with Gasteiger partial charge in [0.05, 0.1) is 0 Å². The molecular weight excluding hydrogens is 236 g/mol. The van der Waals surface area contributed by atoms with Crippen molar-refractivity contribution >= 4 is 0 Å². The van der Waals surface area contributed by atoms with Crippen LogP contribution in [0.4, 0.5) is 0 Å². The zero-order valence-electron chi connectivity index (χ0n) is 11.7. The first kappa shape index (κ1) is 12.9. The molecule has 3 rings (SSSR count). The molecular formula is C16H24N2O. The topological polar surface area (TPSA) is 35.5 Å². The Morgan fingerprint density at radius 2 is 2.26 bits per heavy atom. The van der Waals surface area contributed by atoms with Crippen LogP contribution in [0.2, 0.25) is 0 Å². The maximum Gasteiger partial charge on any atom is 0.115 e. The monoisotopic (exact) mass is 260 g/mol. The van der Waals surface area contributed by atoms with E-state index >= 15 is 0 Å². The molecule has 1 aliphatic heterocycles. The van der Waals surface area contributed by atoms with Crippen LogP contribution in [0.15, 0.2) is 24.3 Å². The Kier molecular flexibility index (Phi) is 3.50. The van der Waals surface area contributed by atoms with Gasteiger partial charge in [-0.2, -0.15) is 0 Å². The van der Waals surface area contributed by atoms with Gasteiger partial charge < -0.3 is 10.4 Å². The van der Waals surface area contributed by atoms with Crippen LogP contribution in [0.5, 0.6) is 5.75 Å². The second-order valence-corrected chi connectivity index (χ2v) is 6.35. The van der Waals surface area contributed by atoms with Crippen molar-refractivity contribution < 1.29 is 5.11 Å². The standard InChI is InChI=1S/C16H24N2O/c1-16(14-6-7-14)12-18(9-3-8-17-16)11-13-4-2-5-15(19)10-13/h2,4-5,10,14,17,19H,3,6-9,11-12H2,1H3. The van der Waals surface area contributed by atoms with Crippen molar-refractivity contribution in [2.24, 2.45) is 5.92 Å². The van der Waals surface area contributed by atoms with Gasteiger partial charge in [-0.15, -0.1) is 0 Å². The van der Waals surface area contributed by atoms with E-state index < -0.39 is 0 Å². The number of phenols is 1. The Morgan fingerprint density at radius 3 is 3.00 bits per heavy atom. The molecule has 1 aromatic carbocycles. The highest BCUT2D eigenvalue weighted by Gasteiger charge is 2.42. The van der Waals surface area contributed by atoms with Gasteiger partial charge in [0.25, 0.3) is 0 Å². The average molecular weight is 260 g/mol. The number of hydrogen-bond donors (Lipinski definition) is 2.